The van der Waals surface area contributed by atoms with Crippen molar-refractivity contribution in [3.05, 3.63) is 33.4 Å². The fourth-order valence-corrected chi connectivity index (χ4v) is 4.40. The molecule has 0 spiro atoms. The second-order valence-electron chi connectivity index (χ2n) is 7.12. The fourth-order valence-electron chi connectivity index (χ4n) is 4.04. The van der Waals surface area contributed by atoms with Crippen molar-refractivity contribution in [2.45, 2.75) is 44.6 Å². The van der Waals surface area contributed by atoms with Crippen LogP contribution in [0.4, 0.5) is 0 Å². The van der Waals surface area contributed by atoms with Crippen LogP contribution in [-0.4, -0.2) is 12.6 Å². The minimum absolute atomic E-state index is 0.572. The third-order valence-corrected chi connectivity index (χ3v) is 6.01. The van der Waals surface area contributed by atoms with Gasteiger partial charge >= 0.3 is 0 Å². The summed E-state index contributed by atoms with van der Waals surface area (Å²) in [5.41, 5.74) is 2.11. The first-order valence-electron chi connectivity index (χ1n) is 7.70. The zero-order chi connectivity index (χ0) is 12.9. The zero-order valence-electron chi connectivity index (χ0n) is 11.4. The normalized spacial score (nSPS) is 36.3. The molecule has 1 aromatic rings. The van der Waals surface area contributed by atoms with E-state index in [4.69, 9.17) is 0 Å². The number of benzene rings is 1. The predicted molar refractivity (Wildman–Crippen MR) is 87.2 cm³/mol. The minimum atomic E-state index is 0.572. The van der Waals surface area contributed by atoms with Crippen molar-refractivity contribution in [3.8, 4) is 0 Å². The van der Waals surface area contributed by atoms with Crippen molar-refractivity contribution in [1.82, 2.24) is 5.32 Å². The molecule has 3 saturated carbocycles. The van der Waals surface area contributed by atoms with Gasteiger partial charge in [-0.05, 0) is 96.1 Å². The Morgan fingerprint density at radius 3 is 2.42 bits per heavy atom. The van der Waals surface area contributed by atoms with Gasteiger partial charge in [-0.15, -0.1) is 0 Å². The average Bonchev–Trinajstić information content (AvgIpc) is 3.31. The Labute approximate surface area is 129 Å². The third kappa shape index (κ3) is 2.85. The summed E-state index contributed by atoms with van der Waals surface area (Å²) in [5.74, 6) is 2.15. The van der Waals surface area contributed by atoms with Crippen molar-refractivity contribution in [2.75, 3.05) is 6.54 Å². The lowest BCUT2D eigenvalue weighted by molar-refractivity contribution is 0.247. The average molecular weight is 367 g/mol. The maximum atomic E-state index is 3.81. The van der Waals surface area contributed by atoms with Crippen molar-refractivity contribution in [3.63, 3.8) is 0 Å². The van der Waals surface area contributed by atoms with E-state index in [0.717, 1.165) is 17.9 Å². The van der Waals surface area contributed by atoms with Gasteiger partial charge in [-0.1, -0.05) is 12.1 Å². The van der Waals surface area contributed by atoms with Gasteiger partial charge in [0.05, 0.1) is 0 Å². The molecule has 1 nitrogen and oxygen atoms in total. The van der Waals surface area contributed by atoms with Crippen molar-refractivity contribution < 1.29 is 0 Å². The molecule has 0 radical (unpaired) electrons. The van der Waals surface area contributed by atoms with Crippen molar-refractivity contribution in [2.24, 2.45) is 17.3 Å². The lowest BCUT2D eigenvalue weighted by Crippen LogP contribution is -2.36. The van der Waals surface area contributed by atoms with E-state index in [-0.39, 0.29) is 0 Å². The van der Waals surface area contributed by atoms with Gasteiger partial charge in [-0.25, -0.2) is 0 Å². The van der Waals surface area contributed by atoms with Crippen LogP contribution in [0, 0.1) is 20.8 Å². The summed E-state index contributed by atoms with van der Waals surface area (Å²) in [6.45, 7) is 1.26. The number of fused-ring (bicyclic) bond motifs is 1. The van der Waals surface area contributed by atoms with Crippen LogP contribution in [0.1, 0.15) is 37.7 Å². The van der Waals surface area contributed by atoms with E-state index in [2.05, 4.69) is 52.2 Å². The Morgan fingerprint density at radius 2 is 1.79 bits per heavy atom. The van der Waals surface area contributed by atoms with Gasteiger partial charge in [-0.2, -0.15) is 0 Å². The second kappa shape index (κ2) is 4.73. The maximum absolute atomic E-state index is 3.81. The lowest BCUT2D eigenvalue weighted by Gasteiger charge is -2.32. The van der Waals surface area contributed by atoms with Crippen LogP contribution >= 0.6 is 22.6 Å². The van der Waals surface area contributed by atoms with Crippen LogP contribution in [0.15, 0.2) is 24.3 Å². The molecule has 3 fully saturated rings. The molecular weight excluding hydrogens is 345 g/mol. The highest BCUT2D eigenvalue weighted by molar-refractivity contribution is 14.1. The van der Waals surface area contributed by atoms with Crippen LogP contribution in [0.3, 0.4) is 0 Å². The number of halogens is 1. The van der Waals surface area contributed by atoms with Crippen LogP contribution in [-0.2, 0) is 6.42 Å². The first-order valence-corrected chi connectivity index (χ1v) is 8.78. The van der Waals surface area contributed by atoms with Crippen molar-refractivity contribution in [1.29, 1.82) is 0 Å². The molecule has 0 heterocycles. The Hall–Kier alpha value is -0.0900. The molecule has 3 aliphatic carbocycles. The monoisotopic (exact) mass is 367 g/mol. The van der Waals surface area contributed by atoms with E-state index in [9.17, 15) is 0 Å². The molecule has 4 rings (SSSR count). The van der Waals surface area contributed by atoms with Gasteiger partial charge in [0.15, 0.2) is 0 Å². The van der Waals surface area contributed by atoms with E-state index >= 15 is 0 Å². The van der Waals surface area contributed by atoms with Crippen LogP contribution in [0.2, 0.25) is 0 Å². The zero-order valence-corrected chi connectivity index (χ0v) is 13.5. The standard InChI is InChI=1S/C17H22IN/c18-15-3-1-12(2-4-15)8-17(11-19-16-5-6-16)9-13-7-14(13)10-17/h1-4,13-14,16,19H,5-11H2. The SMILES string of the molecule is Ic1ccc(CC2(CNC3CC3)CC3CC3C2)cc1. The molecule has 0 aromatic heterocycles. The van der Waals surface area contributed by atoms with Gasteiger partial charge in [0.25, 0.3) is 0 Å². The van der Waals surface area contributed by atoms with Gasteiger partial charge < -0.3 is 5.32 Å². The topological polar surface area (TPSA) is 12.0 Å². The lowest BCUT2D eigenvalue weighted by atomic mass is 9.77. The molecule has 1 aromatic carbocycles. The molecule has 0 bridgehead atoms. The summed E-state index contributed by atoms with van der Waals surface area (Å²) in [6, 6.07) is 10.0. The highest BCUT2D eigenvalue weighted by Gasteiger charge is 2.53. The molecule has 19 heavy (non-hydrogen) atoms. The first kappa shape index (κ1) is 12.6. The third-order valence-electron chi connectivity index (χ3n) is 5.29. The second-order valence-corrected chi connectivity index (χ2v) is 8.37. The van der Waals surface area contributed by atoms with Gasteiger partial charge in [0.1, 0.15) is 0 Å². The van der Waals surface area contributed by atoms with E-state index < -0.39 is 0 Å². The smallest absolute Gasteiger partial charge is 0.0130 e. The summed E-state index contributed by atoms with van der Waals surface area (Å²) in [5, 5.41) is 3.81. The van der Waals surface area contributed by atoms with E-state index in [1.807, 2.05) is 0 Å². The van der Waals surface area contributed by atoms with Gasteiger partial charge in [0, 0.05) is 16.2 Å². The molecule has 0 amide bonds. The quantitative estimate of drug-likeness (QED) is 0.776. The summed E-state index contributed by atoms with van der Waals surface area (Å²) in [7, 11) is 0. The highest BCUT2D eigenvalue weighted by Crippen LogP contribution is 2.60. The van der Waals surface area contributed by atoms with Crippen LogP contribution in [0.25, 0.3) is 0 Å². The molecule has 102 valence electrons. The number of rotatable bonds is 5. The van der Waals surface area contributed by atoms with E-state index in [0.29, 0.717) is 5.41 Å². The Kier molecular flexibility index (Phi) is 3.14. The summed E-state index contributed by atoms with van der Waals surface area (Å²) >= 11 is 2.40. The molecule has 3 aliphatic rings. The van der Waals surface area contributed by atoms with Crippen LogP contribution in [0.5, 0.6) is 0 Å². The fraction of sp³-hybridized carbons (Fsp3) is 0.647. The molecule has 0 saturated heterocycles. The first-order chi connectivity index (χ1) is 9.22. The van der Waals surface area contributed by atoms with Gasteiger partial charge in [0.2, 0.25) is 0 Å². The number of nitrogens with one attached hydrogen (secondary N) is 1. The Bertz CT molecular complexity index is 453. The Morgan fingerprint density at radius 1 is 1.11 bits per heavy atom. The maximum Gasteiger partial charge on any atom is 0.0130 e. The largest absolute Gasteiger partial charge is 0.313 e. The molecule has 0 aliphatic heterocycles. The van der Waals surface area contributed by atoms with Crippen LogP contribution < -0.4 is 5.32 Å². The number of hydrogen-bond acceptors (Lipinski definition) is 1. The molecule has 2 atom stereocenters. The van der Waals surface area contributed by atoms with Gasteiger partial charge in [-0.3, -0.25) is 0 Å². The Balaban J connectivity index is 1.47. The minimum Gasteiger partial charge on any atom is -0.313 e. The summed E-state index contributed by atoms with van der Waals surface area (Å²) in [6.07, 6.45) is 8.58. The summed E-state index contributed by atoms with van der Waals surface area (Å²) < 4.78 is 1.35. The molecule has 2 heteroatoms. The van der Waals surface area contributed by atoms with E-state index in [1.54, 1.807) is 5.56 Å². The molecular formula is C17H22IN. The highest BCUT2D eigenvalue weighted by atomic mass is 127. The predicted octanol–water partition coefficient (Wildman–Crippen LogP) is 4.00. The van der Waals surface area contributed by atoms with Crippen molar-refractivity contribution >= 4 is 22.6 Å². The number of hydrogen-bond donors (Lipinski definition) is 1. The summed E-state index contributed by atoms with van der Waals surface area (Å²) in [4.78, 5) is 0. The molecule has 1 N–H and O–H groups in total. The van der Waals surface area contributed by atoms with E-state index in [1.165, 1.54) is 48.6 Å². The molecule has 2 unspecified atom stereocenters.